The summed E-state index contributed by atoms with van der Waals surface area (Å²) in [4.78, 5) is 4.55. The van der Waals surface area contributed by atoms with Crippen molar-refractivity contribution < 1.29 is 17.9 Å². The van der Waals surface area contributed by atoms with Gasteiger partial charge in [0.25, 0.3) is 0 Å². The molecular formula is C19H15ClN4O4S. The van der Waals surface area contributed by atoms with Gasteiger partial charge in [-0.2, -0.15) is 5.26 Å². The smallest absolute Gasteiger partial charge is 0.240 e. The molecule has 4 rings (SSSR count). The van der Waals surface area contributed by atoms with Crippen LogP contribution in [-0.2, 0) is 10.0 Å². The Labute approximate surface area is 172 Å². The standard InChI is InChI=1S/C19H15ClN4O4S/c20-14-2-1-3-15(8-14)29(25,26)23-5-4-22-19-13(10-21)6-12-7-17-18(28-11-27-17)9-16(12)24-19/h1-3,6-9,23H,4-5,11H2,(H,22,24). The summed E-state index contributed by atoms with van der Waals surface area (Å²) in [6.45, 7) is 0.479. The quantitative estimate of drug-likeness (QED) is 0.578. The fourth-order valence-electron chi connectivity index (χ4n) is 2.87. The van der Waals surface area contributed by atoms with Crippen molar-refractivity contribution in [3.63, 3.8) is 0 Å². The minimum Gasteiger partial charge on any atom is -0.454 e. The van der Waals surface area contributed by atoms with E-state index < -0.39 is 10.0 Å². The zero-order valence-corrected chi connectivity index (χ0v) is 16.5. The molecule has 3 aromatic rings. The molecule has 0 radical (unpaired) electrons. The van der Waals surface area contributed by atoms with E-state index in [0.29, 0.717) is 33.4 Å². The second-order valence-corrected chi connectivity index (χ2v) is 8.38. The number of nitrogens with one attached hydrogen (secondary N) is 2. The number of ether oxygens (including phenoxy) is 2. The third-order valence-electron chi connectivity index (χ3n) is 4.25. The van der Waals surface area contributed by atoms with Gasteiger partial charge in [-0.05, 0) is 30.3 Å². The maximum Gasteiger partial charge on any atom is 0.240 e. The Bertz CT molecular complexity index is 1240. The van der Waals surface area contributed by atoms with Gasteiger partial charge in [0, 0.05) is 29.6 Å². The number of pyridine rings is 1. The fourth-order valence-corrected chi connectivity index (χ4v) is 4.20. The molecule has 0 saturated heterocycles. The van der Waals surface area contributed by atoms with E-state index in [2.05, 4.69) is 21.1 Å². The lowest BCUT2D eigenvalue weighted by molar-refractivity contribution is 0.174. The van der Waals surface area contributed by atoms with Crippen LogP contribution >= 0.6 is 11.6 Å². The zero-order valence-electron chi connectivity index (χ0n) is 15.0. The average molecular weight is 431 g/mol. The Kier molecular flexibility index (Phi) is 5.15. The normalized spacial score (nSPS) is 12.7. The Morgan fingerprint density at radius 3 is 2.69 bits per heavy atom. The number of nitriles is 1. The highest BCUT2D eigenvalue weighted by atomic mass is 35.5. The largest absolute Gasteiger partial charge is 0.454 e. The molecule has 1 aromatic heterocycles. The lowest BCUT2D eigenvalue weighted by Crippen LogP contribution is -2.29. The summed E-state index contributed by atoms with van der Waals surface area (Å²) < 4.78 is 37.8. The lowest BCUT2D eigenvalue weighted by atomic mass is 10.1. The zero-order chi connectivity index (χ0) is 20.4. The second-order valence-electron chi connectivity index (χ2n) is 6.18. The molecule has 29 heavy (non-hydrogen) atoms. The first-order valence-electron chi connectivity index (χ1n) is 8.60. The highest BCUT2D eigenvalue weighted by Crippen LogP contribution is 2.36. The molecular weight excluding hydrogens is 416 g/mol. The van der Waals surface area contributed by atoms with Crippen LogP contribution < -0.4 is 19.5 Å². The van der Waals surface area contributed by atoms with Crippen molar-refractivity contribution in [1.29, 1.82) is 5.26 Å². The van der Waals surface area contributed by atoms with E-state index in [1.54, 1.807) is 30.3 Å². The van der Waals surface area contributed by atoms with Gasteiger partial charge in [-0.25, -0.2) is 18.1 Å². The first kappa shape index (κ1) is 19.3. The van der Waals surface area contributed by atoms with Crippen molar-refractivity contribution >= 4 is 38.3 Å². The molecule has 2 N–H and O–H groups in total. The molecule has 0 atom stereocenters. The third-order valence-corrected chi connectivity index (χ3v) is 5.94. The van der Waals surface area contributed by atoms with Crippen LogP contribution in [0.2, 0.25) is 5.02 Å². The SMILES string of the molecule is N#Cc1cc2cc3c(cc2nc1NCCNS(=O)(=O)c1cccc(Cl)c1)OCO3. The Morgan fingerprint density at radius 1 is 1.14 bits per heavy atom. The molecule has 0 saturated carbocycles. The summed E-state index contributed by atoms with van der Waals surface area (Å²) in [6, 6.07) is 13.3. The number of hydrogen-bond donors (Lipinski definition) is 2. The molecule has 10 heteroatoms. The Morgan fingerprint density at radius 2 is 1.93 bits per heavy atom. The highest BCUT2D eigenvalue weighted by molar-refractivity contribution is 7.89. The lowest BCUT2D eigenvalue weighted by Gasteiger charge is -2.11. The molecule has 8 nitrogen and oxygen atoms in total. The van der Waals surface area contributed by atoms with Crippen molar-refractivity contribution in [2.24, 2.45) is 0 Å². The Hall–Kier alpha value is -3.06. The van der Waals surface area contributed by atoms with Crippen LogP contribution in [-0.4, -0.2) is 33.3 Å². The van der Waals surface area contributed by atoms with Crippen molar-refractivity contribution in [1.82, 2.24) is 9.71 Å². The minimum absolute atomic E-state index is 0.0858. The van der Waals surface area contributed by atoms with Crippen LogP contribution in [0.15, 0.2) is 47.4 Å². The van der Waals surface area contributed by atoms with E-state index in [9.17, 15) is 13.7 Å². The first-order chi connectivity index (χ1) is 14.0. The van der Waals surface area contributed by atoms with E-state index in [4.69, 9.17) is 21.1 Å². The minimum atomic E-state index is -3.68. The number of fused-ring (bicyclic) bond motifs is 2. The van der Waals surface area contributed by atoms with E-state index in [1.807, 2.05) is 0 Å². The molecule has 148 valence electrons. The van der Waals surface area contributed by atoms with Crippen LogP contribution in [0.4, 0.5) is 5.82 Å². The molecule has 1 aliphatic rings. The number of anilines is 1. The molecule has 0 aliphatic carbocycles. The van der Waals surface area contributed by atoms with Crippen LogP contribution in [0.5, 0.6) is 11.5 Å². The van der Waals surface area contributed by atoms with Crippen LogP contribution in [0, 0.1) is 11.3 Å². The second kappa shape index (κ2) is 7.75. The van der Waals surface area contributed by atoms with E-state index in [1.165, 1.54) is 12.1 Å². The highest BCUT2D eigenvalue weighted by Gasteiger charge is 2.17. The summed E-state index contributed by atoms with van der Waals surface area (Å²) in [6.07, 6.45) is 0. The van der Waals surface area contributed by atoms with Gasteiger partial charge in [0.1, 0.15) is 11.9 Å². The predicted molar refractivity (Wildman–Crippen MR) is 108 cm³/mol. The maximum absolute atomic E-state index is 12.3. The van der Waals surface area contributed by atoms with Crippen molar-refractivity contribution in [2.45, 2.75) is 4.90 Å². The predicted octanol–water partition coefficient (Wildman–Crippen LogP) is 2.88. The van der Waals surface area contributed by atoms with Crippen molar-refractivity contribution in [2.75, 3.05) is 25.2 Å². The molecule has 0 fully saturated rings. The van der Waals surface area contributed by atoms with Crippen LogP contribution in [0.25, 0.3) is 10.9 Å². The fraction of sp³-hybridized carbons (Fsp3) is 0.158. The summed E-state index contributed by atoms with van der Waals surface area (Å²) in [5.41, 5.74) is 0.976. The Balaban J connectivity index is 1.47. The number of sulfonamides is 1. The van der Waals surface area contributed by atoms with Gasteiger partial charge in [-0.15, -0.1) is 0 Å². The van der Waals surface area contributed by atoms with E-state index in [0.717, 1.165) is 5.39 Å². The van der Waals surface area contributed by atoms with Gasteiger partial charge in [-0.3, -0.25) is 0 Å². The number of hydrogen-bond acceptors (Lipinski definition) is 7. The number of nitrogens with zero attached hydrogens (tertiary/aromatic N) is 2. The third kappa shape index (κ3) is 4.05. The summed E-state index contributed by atoms with van der Waals surface area (Å²) in [7, 11) is -3.68. The van der Waals surface area contributed by atoms with Crippen LogP contribution in [0.1, 0.15) is 5.56 Å². The van der Waals surface area contributed by atoms with Gasteiger partial charge in [-0.1, -0.05) is 17.7 Å². The molecule has 1 aliphatic heterocycles. The number of aromatic nitrogens is 1. The van der Waals surface area contributed by atoms with Gasteiger partial charge >= 0.3 is 0 Å². The summed E-state index contributed by atoms with van der Waals surface area (Å²) in [5.74, 6) is 1.56. The molecule has 0 unspecified atom stereocenters. The molecule has 0 spiro atoms. The average Bonchev–Trinajstić information content (AvgIpc) is 3.16. The molecule has 0 amide bonds. The van der Waals surface area contributed by atoms with Gasteiger partial charge in [0.05, 0.1) is 16.0 Å². The topological polar surface area (TPSA) is 113 Å². The molecule has 2 heterocycles. The van der Waals surface area contributed by atoms with E-state index >= 15 is 0 Å². The van der Waals surface area contributed by atoms with E-state index in [-0.39, 0.29) is 24.8 Å². The first-order valence-corrected chi connectivity index (χ1v) is 10.5. The van der Waals surface area contributed by atoms with Crippen molar-refractivity contribution in [3.05, 3.63) is 53.1 Å². The molecule has 2 aromatic carbocycles. The number of halogens is 1. The van der Waals surface area contributed by atoms with Gasteiger partial charge < -0.3 is 14.8 Å². The van der Waals surface area contributed by atoms with Gasteiger partial charge in [0.15, 0.2) is 11.5 Å². The summed E-state index contributed by atoms with van der Waals surface area (Å²) in [5, 5.41) is 13.5. The number of rotatable bonds is 6. The van der Waals surface area contributed by atoms with Crippen molar-refractivity contribution in [3.8, 4) is 17.6 Å². The number of benzene rings is 2. The molecule has 0 bridgehead atoms. The van der Waals surface area contributed by atoms with Gasteiger partial charge in [0.2, 0.25) is 16.8 Å². The summed E-state index contributed by atoms with van der Waals surface area (Å²) >= 11 is 5.85. The maximum atomic E-state index is 12.3. The monoisotopic (exact) mass is 430 g/mol. The van der Waals surface area contributed by atoms with Crippen LogP contribution in [0.3, 0.4) is 0 Å².